The fraction of sp³-hybridized carbons (Fsp3) is 0.333. The second-order valence-corrected chi connectivity index (χ2v) is 7.88. The predicted octanol–water partition coefficient (Wildman–Crippen LogP) is 4.42. The summed E-state index contributed by atoms with van der Waals surface area (Å²) < 4.78 is 15.0. The van der Waals surface area contributed by atoms with E-state index >= 15 is 0 Å². The molecular weight excluding hydrogens is 361 g/mol. The third-order valence-electron chi connectivity index (χ3n) is 5.08. The summed E-state index contributed by atoms with van der Waals surface area (Å²) in [5, 5.41) is 8.73. The van der Waals surface area contributed by atoms with Crippen molar-refractivity contribution in [2.24, 2.45) is 0 Å². The number of hydrogen-bond donors (Lipinski definition) is 0. The third kappa shape index (κ3) is 3.81. The first-order valence-electron chi connectivity index (χ1n) is 9.14. The highest BCUT2D eigenvalue weighted by molar-refractivity contribution is 7.07. The first kappa shape index (κ1) is 17.9. The SMILES string of the molecule is Cc1nn(-c2ccc(F)cc2)c(C)c1CC(=O)N(Cc1ccsc1)C1CC1. The number of carbonyl (C=O) groups excluding carboxylic acids is 1. The lowest BCUT2D eigenvalue weighted by Gasteiger charge is -2.22. The lowest BCUT2D eigenvalue weighted by atomic mass is 10.1. The first-order valence-corrected chi connectivity index (χ1v) is 10.1. The normalized spacial score (nSPS) is 13.7. The standard InChI is InChI=1S/C21H22FN3OS/c1-14-20(15(2)25(23-14)19-5-3-17(22)4-6-19)11-21(26)24(18-7-8-18)12-16-9-10-27-13-16/h3-6,9-10,13,18H,7-8,11-12H2,1-2H3. The Labute approximate surface area is 162 Å². The smallest absolute Gasteiger partial charge is 0.227 e. The molecule has 0 radical (unpaired) electrons. The van der Waals surface area contributed by atoms with Crippen LogP contribution in [0.3, 0.4) is 0 Å². The molecule has 4 rings (SSSR count). The van der Waals surface area contributed by atoms with Gasteiger partial charge in [-0.25, -0.2) is 9.07 Å². The number of aromatic nitrogens is 2. The maximum atomic E-state index is 13.2. The van der Waals surface area contributed by atoms with Gasteiger partial charge in [-0.05, 0) is 73.3 Å². The van der Waals surface area contributed by atoms with Crippen molar-refractivity contribution in [3.63, 3.8) is 0 Å². The number of hydrogen-bond acceptors (Lipinski definition) is 3. The molecule has 0 saturated heterocycles. The van der Waals surface area contributed by atoms with Crippen molar-refractivity contribution in [3.05, 3.63) is 69.4 Å². The van der Waals surface area contributed by atoms with Gasteiger partial charge < -0.3 is 4.90 Å². The summed E-state index contributed by atoms with van der Waals surface area (Å²) in [7, 11) is 0. The maximum Gasteiger partial charge on any atom is 0.227 e. The van der Waals surface area contributed by atoms with Gasteiger partial charge in [-0.3, -0.25) is 4.79 Å². The molecule has 27 heavy (non-hydrogen) atoms. The minimum atomic E-state index is -0.274. The molecule has 6 heteroatoms. The molecule has 2 heterocycles. The van der Waals surface area contributed by atoms with Crippen molar-refractivity contribution in [2.75, 3.05) is 0 Å². The molecule has 1 aliphatic carbocycles. The average molecular weight is 383 g/mol. The molecule has 0 bridgehead atoms. The van der Waals surface area contributed by atoms with Gasteiger partial charge in [0.25, 0.3) is 0 Å². The van der Waals surface area contributed by atoms with E-state index in [1.165, 1.54) is 17.7 Å². The van der Waals surface area contributed by atoms with Gasteiger partial charge in [-0.15, -0.1) is 0 Å². The van der Waals surface area contributed by atoms with Crippen molar-refractivity contribution in [2.45, 2.75) is 45.7 Å². The van der Waals surface area contributed by atoms with Gasteiger partial charge in [0.05, 0.1) is 17.8 Å². The molecule has 1 saturated carbocycles. The van der Waals surface area contributed by atoms with Gasteiger partial charge in [0.1, 0.15) is 5.82 Å². The molecule has 4 nitrogen and oxygen atoms in total. The molecule has 0 atom stereocenters. The van der Waals surface area contributed by atoms with Crippen molar-refractivity contribution in [1.29, 1.82) is 0 Å². The van der Waals surface area contributed by atoms with Crippen LogP contribution >= 0.6 is 11.3 Å². The molecule has 3 aromatic rings. The Morgan fingerprint density at radius 3 is 2.63 bits per heavy atom. The summed E-state index contributed by atoms with van der Waals surface area (Å²) in [5.74, 6) is -0.127. The second-order valence-electron chi connectivity index (χ2n) is 7.10. The van der Waals surface area contributed by atoms with Crippen LogP contribution in [0.4, 0.5) is 4.39 Å². The number of halogens is 1. The Balaban J connectivity index is 1.56. The molecular formula is C21H22FN3OS. The van der Waals surface area contributed by atoms with Gasteiger partial charge >= 0.3 is 0 Å². The van der Waals surface area contributed by atoms with E-state index in [2.05, 4.69) is 16.5 Å². The maximum absolute atomic E-state index is 13.2. The zero-order valence-electron chi connectivity index (χ0n) is 15.5. The number of amides is 1. The summed E-state index contributed by atoms with van der Waals surface area (Å²) in [5.41, 5.74) is 4.72. The molecule has 1 aliphatic rings. The van der Waals surface area contributed by atoms with E-state index in [1.54, 1.807) is 28.2 Å². The van der Waals surface area contributed by atoms with Crippen LogP contribution in [-0.4, -0.2) is 26.6 Å². The highest BCUT2D eigenvalue weighted by Gasteiger charge is 2.33. The highest BCUT2D eigenvalue weighted by atomic mass is 32.1. The van der Waals surface area contributed by atoms with E-state index in [4.69, 9.17) is 0 Å². The molecule has 2 aromatic heterocycles. The Kier molecular flexibility index (Phi) is 4.83. The van der Waals surface area contributed by atoms with E-state index in [0.717, 1.165) is 35.5 Å². The number of rotatable bonds is 6. The monoisotopic (exact) mass is 383 g/mol. The number of aryl methyl sites for hydroxylation is 1. The highest BCUT2D eigenvalue weighted by Crippen LogP contribution is 2.30. The molecule has 1 amide bonds. The largest absolute Gasteiger partial charge is 0.335 e. The van der Waals surface area contributed by atoms with E-state index in [1.807, 2.05) is 24.1 Å². The average Bonchev–Trinajstić information content (AvgIpc) is 3.29. The Bertz CT molecular complexity index is 943. The van der Waals surface area contributed by atoms with Crippen LogP contribution in [0.2, 0.25) is 0 Å². The van der Waals surface area contributed by atoms with Crippen LogP contribution in [0.15, 0.2) is 41.1 Å². The minimum Gasteiger partial charge on any atom is -0.335 e. The lowest BCUT2D eigenvalue weighted by Crippen LogP contribution is -2.33. The van der Waals surface area contributed by atoms with E-state index in [9.17, 15) is 9.18 Å². The Hall–Kier alpha value is -2.47. The topological polar surface area (TPSA) is 38.1 Å². The lowest BCUT2D eigenvalue weighted by molar-refractivity contribution is -0.131. The van der Waals surface area contributed by atoms with Crippen molar-refractivity contribution >= 4 is 17.2 Å². The number of thiophene rings is 1. The van der Waals surface area contributed by atoms with Crippen molar-refractivity contribution in [3.8, 4) is 5.69 Å². The van der Waals surface area contributed by atoms with E-state index in [0.29, 0.717) is 19.0 Å². The van der Waals surface area contributed by atoms with Gasteiger partial charge in [0, 0.05) is 23.8 Å². The van der Waals surface area contributed by atoms with Gasteiger partial charge in [-0.2, -0.15) is 16.4 Å². The van der Waals surface area contributed by atoms with E-state index < -0.39 is 0 Å². The zero-order chi connectivity index (χ0) is 19.0. The van der Waals surface area contributed by atoms with Crippen LogP contribution in [0.5, 0.6) is 0 Å². The quantitative estimate of drug-likeness (QED) is 0.632. The van der Waals surface area contributed by atoms with Gasteiger partial charge in [0.15, 0.2) is 0 Å². The minimum absolute atomic E-state index is 0.147. The summed E-state index contributed by atoms with van der Waals surface area (Å²) in [6.07, 6.45) is 2.52. The Morgan fingerprint density at radius 2 is 2.00 bits per heavy atom. The summed E-state index contributed by atoms with van der Waals surface area (Å²) in [6, 6.07) is 8.70. The van der Waals surface area contributed by atoms with Crippen molar-refractivity contribution in [1.82, 2.24) is 14.7 Å². The summed E-state index contributed by atoms with van der Waals surface area (Å²) >= 11 is 1.66. The summed E-state index contributed by atoms with van der Waals surface area (Å²) in [4.78, 5) is 15.1. The predicted molar refractivity (Wildman–Crippen MR) is 105 cm³/mol. The molecule has 0 spiro atoms. The fourth-order valence-corrected chi connectivity index (χ4v) is 4.06. The molecule has 0 unspecified atom stereocenters. The van der Waals surface area contributed by atoms with E-state index in [-0.39, 0.29) is 11.7 Å². The Morgan fingerprint density at radius 1 is 1.26 bits per heavy atom. The molecule has 0 N–H and O–H groups in total. The summed E-state index contributed by atoms with van der Waals surface area (Å²) in [6.45, 7) is 4.57. The van der Waals surface area contributed by atoms with Crippen LogP contribution in [-0.2, 0) is 17.8 Å². The van der Waals surface area contributed by atoms with Crippen LogP contribution in [0.25, 0.3) is 5.69 Å². The number of nitrogens with zero attached hydrogens (tertiary/aromatic N) is 3. The van der Waals surface area contributed by atoms with Crippen molar-refractivity contribution < 1.29 is 9.18 Å². The molecule has 0 aliphatic heterocycles. The zero-order valence-corrected chi connectivity index (χ0v) is 16.3. The van der Waals surface area contributed by atoms with Crippen LogP contribution in [0.1, 0.15) is 35.4 Å². The van der Waals surface area contributed by atoms with Gasteiger partial charge in [-0.1, -0.05) is 0 Å². The molecule has 1 fully saturated rings. The molecule has 140 valence electrons. The van der Waals surface area contributed by atoms with Crippen LogP contribution in [0, 0.1) is 19.7 Å². The van der Waals surface area contributed by atoms with Gasteiger partial charge in [0.2, 0.25) is 5.91 Å². The first-order chi connectivity index (χ1) is 13.0. The number of benzene rings is 1. The third-order valence-corrected chi connectivity index (χ3v) is 5.81. The fourth-order valence-electron chi connectivity index (χ4n) is 3.40. The van der Waals surface area contributed by atoms with Crippen LogP contribution < -0.4 is 0 Å². The molecule has 1 aromatic carbocycles. The second kappa shape index (κ2) is 7.27. The number of carbonyl (C=O) groups is 1.